The first-order chi connectivity index (χ1) is 16.3. The van der Waals surface area contributed by atoms with Crippen molar-refractivity contribution in [3.63, 3.8) is 0 Å². The molecule has 0 radical (unpaired) electrons. The van der Waals surface area contributed by atoms with Crippen molar-refractivity contribution in [1.82, 2.24) is 19.6 Å². The summed E-state index contributed by atoms with van der Waals surface area (Å²) in [6, 6.07) is 16.2. The Labute approximate surface area is 194 Å². The number of hydrazone groups is 1. The van der Waals surface area contributed by atoms with Gasteiger partial charge in [0.1, 0.15) is 5.82 Å². The van der Waals surface area contributed by atoms with Gasteiger partial charge in [-0.15, -0.1) is 11.3 Å². The number of fused-ring (bicyclic) bond motifs is 2. The smallest absolute Gasteiger partial charge is 0.160 e. The number of thiophene rings is 1. The standard InChI is InChI=1S/C24H21N7OS/c1-2-4-21-19(3-1)18(16-33-21)15-26-28-22-14-24(30-9-11-32-12-10-30)31-23(27-22)13-20(29-31)17-5-7-25-8-6-17/h1-8,13-16H,9-12H2,(H,27,28). The second-order valence-corrected chi connectivity index (χ2v) is 8.60. The predicted molar refractivity (Wildman–Crippen MR) is 132 cm³/mol. The maximum atomic E-state index is 5.55. The lowest BCUT2D eigenvalue weighted by molar-refractivity contribution is 0.122. The van der Waals surface area contributed by atoms with E-state index in [9.17, 15) is 0 Å². The Bertz CT molecular complexity index is 1440. The highest BCUT2D eigenvalue weighted by Crippen LogP contribution is 2.26. The third-order valence-corrected chi connectivity index (χ3v) is 6.59. The lowest BCUT2D eigenvalue weighted by Crippen LogP contribution is -2.37. The van der Waals surface area contributed by atoms with Crippen molar-refractivity contribution in [1.29, 1.82) is 0 Å². The largest absolute Gasteiger partial charge is 0.378 e. The highest BCUT2D eigenvalue weighted by Gasteiger charge is 2.18. The third-order valence-electron chi connectivity index (χ3n) is 5.61. The Balaban J connectivity index is 1.36. The molecule has 1 aliphatic heterocycles. The van der Waals surface area contributed by atoms with Gasteiger partial charge in [0.25, 0.3) is 0 Å². The fourth-order valence-electron chi connectivity index (χ4n) is 3.96. The van der Waals surface area contributed by atoms with Crippen molar-refractivity contribution >= 4 is 44.9 Å². The summed E-state index contributed by atoms with van der Waals surface area (Å²) in [5.74, 6) is 1.63. The molecule has 1 N–H and O–H groups in total. The first kappa shape index (κ1) is 19.8. The number of benzene rings is 1. The summed E-state index contributed by atoms with van der Waals surface area (Å²) < 4.78 is 8.68. The number of anilines is 2. The Morgan fingerprint density at radius 3 is 2.79 bits per heavy atom. The van der Waals surface area contributed by atoms with Crippen LogP contribution in [-0.4, -0.2) is 52.1 Å². The number of nitrogens with zero attached hydrogens (tertiary/aromatic N) is 6. The molecule has 0 saturated carbocycles. The van der Waals surface area contributed by atoms with Gasteiger partial charge in [-0.25, -0.2) is 4.98 Å². The molecular weight excluding hydrogens is 434 g/mol. The van der Waals surface area contributed by atoms with Crippen molar-refractivity contribution in [2.45, 2.75) is 0 Å². The second-order valence-electron chi connectivity index (χ2n) is 7.69. The molecule has 5 aromatic rings. The molecule has 0 atom stereocenters. The first-order valence-corrected chi connectivity index (χ1v) is 11.6. The fourth-order valence-corrected chi connectivity index (χ4v) is 4.88. The van der Waals surface area contributed by atoms with E-state index >= 15 is 0 Å². The van der Waals surface area contributed by atoms with Gasteiger partial charge in [0.15, 0.2) is 11.5 Å². The van der Waals surface area contributed by atoms with Crippen molar-refractivity contribution in [2.24, 2.45) is 5.10 Å². The van der Waals surface area contributed by atoms with E-state index in [1.807, 2.05) is 41.1 Å². The van der Waals surface area contributed by atoms with E-state index in [-0.39, 0.29) is 0 Å². The molecule has 5 heterocycles. The zero-order chi connectivity index (χ0) is 22.0. The van der Waals surface area contributed by atoms with Crippen molar-refractivity contribution < 1.29 is 4.74 Å². The molecule has 6 rings (SSSR count). The predicted octanol–water partition coefficient (Wildman–Crippen LogP) is 4.29. The van der Waals surface area contributed by atoms with Crippen LogP contribution < -0.4 is 10.3 Å². The average molecular weight is 456 g/mol. The average Bonchev–Trinajstić information content (AvgIpc) is 3.49. The van der Waals surface area contributed by atoms with Crippen LogP contribution in [0.4, 0.5) is 11.6 Å². The molecule has 1 saturated heterocycles. The number of nitrogens with one attached hydrogen (secondary N) is 1. The first-order valence-electron chi connectivity index (χ1n) is 10.7. The summed E-state index contributed by atoms with van der Waals surface area (Å²) in [6.45, 7) is 2.98. The lowest BCUT2D eigenvalue weighted by Gasteiger charge is -2.29. The molecule has 0 unspecified atom stereocenters. The number of ether oxygens (including phenoxy) is 1. The van der Waals surface area contributed by atoms with Crippen LogP contribution in [0.25, 0.3) is 27.0 Å². The minimum Gasteiger partial charge on any atom is -0.378 e. The van der Waals surface area contributed by atoms with E-state index in [0.717, 1.165) is 41.4 Å². The van der Waals surface area contributed by atoms with Gasteiger partial charge in [-0.2, -0.15) is 14.7 Å². The molecule has 33 heavy (non-hydrogen) atoms. The zero-order valence-electron chi connectivity index (χ0n) is 17.8. The van der Waals surface area contributed by atoms with Crippen molar-refractivity contribution in [3.05, 3.63) is 71.9 Å². The van der Waals surface area contributed by atoms with Gasteiger partial charge in [-0.3, -0.25) is 10.4 Å². The van der Waals surface area contributed by atoms with Gasteiger partial charge in [-0.05, 0) is 18.2 Å². The SMILES string of the molecule is C(=NNc1cc(N2CCOCC2)n2nc(-c3ccncc3)cc2n1)c1csc2ccccc12. The summed E-state index contributed by atoms with van der Waals surface area (Å²) in [5.41, 5.74) is 6.81. The van der Waals surface area contributed by atoms with Gasteiger partial charge in [0.2, 0.25) is 0 Å². The minimum atomic E-state index is 0.668. The van der Waals surface area contributed by atoms with Gasteiger partial charge in [0.05, 0.1) is 25.1 Å². The number of morpholine rings is 1. The van der Waals surface area contributed by atoms with Crippen LogP contribution in [0.5, 0.6) is 0 Å². The van der Waals surface area contributed by atoms with Crippen LogP contribution >= 0.6 is 11.3 Å². The lowest BCUT2D eigenvalue weighted by atomic mass is 10.2. The van der Waals surface area contributed by atoms with Crippen LogP contribution in [-0.2, 0) is 4.74 Å². The minimum absolute atomic E-state index is 0.668. The van der Waals surface area contributed by atoms with Crippen LogP contribution in [0.2, 0.25) is 0 Å². The molecule has 4 aromatic heterocycles. The van der Waals surface area contributed by atoms with E-state index in [1.165, 1.54) is 10.1 Å². The highest BCUT2D eigenvalue weighted by molar-refractivity contribution is 7.17. The molecule has 1 fully saturated rings. The fraction of sp³-hybridized carbons (Fsp3) is 0.167. The van der Waals surface area contributed by atoms with Gasteiger partial charge in [-0.1, -0.05) is 18.2 Å². The Morgan fingerprint density at radius 1 is 1.06 bits per heavy atom. The monoisotopic (exact) mass is 455 g/mol. The third kappa shape index (κ3) is 3.92. The normalized spacial score (nSPS) is 14.5. The molecule has 1 aromatic carbocycles. The number of pyridine rings is 1. The molecule has 0 amide bonds. The molecule has 9 heteroatoms. The van der Waals surface area contributed by atoms with E-state index < -0.39 is 0 Å². The van der Waals surface area contributed by atoms with Crippen molar-refractivity contribution in [3.8, 4) is 11.3 Å². The molecule has 8 nitrogen and oxygen atoms in total. The zero-order valence-corrected chi connectivity index (χ0v) is 18.6. The topological polar surface area (TPSA) is 79.9 Å². The summed E-state index contributed by atoms with van der Waals surface area (Å²) in [5, 5.41) is 12.6. The molecule has 0 spiro atoms. The van der Waals surface area contributed by atoms with Gasteiger partial charge < -0.3 is 9.64 Å². The van der Waals surface area contributed by atoms with E-state index in [4.69, 9.17) is 14.8 Å². The molecular formula is C24H21N7OS. The Kier molecular flexibility index (Phi) is 5.17. The van der Waals surface area contributed by atoms with Gasteiger partial charge in [0, 0.05) is 64.2 Å². The molecule has 1 aliphatic rings. The van der Waals surface area contributed by atoms with Crippen LogP contribution in [0.15, 0.2) is 71.4 Å². The number of hydrogen-bond donors (Lipinski definition) is 1. The summed E-state index contributed by atoms with van der Waals surface area (Å²) in [4.78, 5) is 11.1. The van der Waals surface area contributed by atoms with E-state index in [1.54, 1.807) is 23.7 Å². The van der Waals surface area contributed by atoms with Crippen LogP contribution in [0.3, 0.4) is 0 Å². The summed E-state index contributed by atoms with van der Waals surface area (Å²) >= 11 is 1.71. The summed E-state index contributed by atoms with van der Waals surface area (Å²) in [7, 11) is 0. The molecule has 0 aliphatic carbocycles. The van der Waals surface area contributed by atoms with E-state index in [2.05, 4.69) is 44.0 Å². The molecule has 0 bridgehead atoms. The maximum absolute atomic E-state index is 5.55. The Morgan fingerprint density at radius 2 is 1.91 bits per heavy atom. The number of rotatable bonds is 5. The highest BCUT2D eigenvalue weighted by atomic mass is 32.1. The Hall–Kier alpha value is -3.82. The maximum Gasteiger partial charge on any atom is 0.160 e. The van der Waals surface area contributed by atoms with Crippen LogP contribution in [0, 0.1) is 0 Å². The van der Waals surface area contributed by atoms with Gasteiger partial charge >= 0.3 is 0 Å². The quantitative estimate of drug-likeness (QED) is 0.315. The second kappa shape index (κ2) is 8.61. The van der Waals surface area contributed by atoms with Crippen molar-refractivity contribution in [2.75, 3.05) is 36.6 Å². The van der Waals surface area contributed by atoms with E-state index in [0.29, 0.717) is 19.0 Å². The molecule has 164 valence electrons. The number of aromatic nitrogens is 4. The van der Waals surface area contributed by atoms with Crippen LogP contribution in [0.1, 0.15) is 5.56 Å². The number of hydrogen-bond acceptors (Lipinski definition) is 8. The summed E-state index contributed by atoms with van der Waals surface area (Å²) in [6.07, 6.45) is 5.38.